The zero-order valence-electron chi connectivity index (χ0n) is 15.9. The van der Waals surface area contributed by atoms with Gasteiger partial charge in [-0.1, -0.05) is 0 Å². The Kier molecular flexibility index (Phi) is 6.07. The molecule has 148 valence electrons. The number of nitrogens with zero attached hydrogens (tertiary/aromatic N) is 1. The maximum atomic E-state index is 13.3. The molecule has 0 aromatic heterocycles. The molecule has 2 heterocycles. The molecule has 4 fully saturated rings. The molecule has 2 saturated carbocycles. The second-order valence-electron chi connectivity index (χ2n) is 9.21. The third kappa shape index (κ3) is 3.91. The summed E-state index contributed by atoms with van der Waals surface area (Å²) in [7, 11) is 2.22. The fraction of sp³-hybridized carbons (Fsp3) is 0.952. The molecule has 0 aromatic carbocycles. The topological polar surface area (TPSA) is 29.5 Å². The minimum Gasteiger partial charge on any atom is -0.462 e. The molecular formula is C21H33Cl2NO2. The number of halogens is 2. The van der Waals surface area contributed by atoms with E-state index < -0.39 is 0 Å². The van der Waals surface area contributed by atoms with Gasteiger partial charge in [-0.25, -0.2) is 0 Å². The van der Waals surface area contributed by atoms with Gasteiger partial charge in [0.1, 0.15) is 6.10 Å². The van der Waals surface area contributed by atoms with Crippen LogP contribution in [0, 0.1) is 17.8 Å². The lowest BCUT2D eigenvalue weighted by atomic mass is 9.68. The minimum absolute atomic E-state index is 0.0596. The van der Waals surface area contributed by atoms with E-state index in [4.69, 9.17) is 27.9 Å². The third-order valence-corrected chi connectivity index (χ3v) is 8.65. The molecular weight excluding hydrogens is 369 g/mol. The van der Waals surface area contributed by atoms with Crippen molar-refractivity contribution in [3.05, 3.63) is 0 Å². The highest BCUT2D eigenvalue weighted by Crippen LogP contribution is 2.48. The number of alkyl halides is 2. The minimum atomic E-state index is 0.0596. The number of esters is 1. The van der Waals surface area contributed by atoms with Gasteiger partial charge in [0, 0.05) is 22.8 Å². The first-order chi connectivity index (χ1) is 12.5. The molecule has 2 bridgehead atoms. The number of fused-ring (bicyclic) bond motifs is 2. The molecule has 0 aromatic rings. The van der Waals surface area contributed by atoms with Crippen molar-refractivity contribution >= 4 is 29.2 Å². The van der Waals surface area contributed by atoms with E-state index in [2.05, 4.69) is 11.9 Å². The van der Waals surface area contributed by atoms with Crippen LogP contribution in [0.1, 0.15) is 70.6 Å². The molecule has 0 radical (unpaired) electrons. The summed E-state index contributed by atoms with van der Waals surface area (Å²) in [5, 5.41) is 0.602. The predicted molar refractivity (Wildman–Crippen MR) is 106 cm³/mol. The number of rotatable bonds is 3. The molecule has 2 saturated heterocycles. The Morgan fingerprint density at radius 1 is 0.885 bits per heavy atom. The summed E-state index contributed by atoms with van der Waals surface area (Å²) in [5.74, 6) is 1.28. The lowest BCUT2D eigenvalue weighted by molar-refractivity contribution is -0.164. The Hall–Kier alpha value is 0.01000. The Morgan fingerprint density at radius 2 is 1.50 bits per heavy atom. The number of piperidine rings is 1. The van der Waals surface area contributed by atoms with Gasteiger partial charge < -0.3 is 4.74 Å². The normalized spacial score (nSPS) is 46.9. The molecule has 5 heteroatoms. The van der Waals surface area contributed by atoms with E-state index in [-0.39, 0.29) is 23.4 Å². The molecule has 4 rings (SSSR count). The first-order valence-corrected chi connectivity index (χ1v) is 11.6. The van der Waals surface area contributed by atoms with Gasteiger partial charge in [0.2, 0.25) is 0 Å². The van der Waals surface area contributed by atoms with Crippen LogP contribution in [0.5, 0.6) is 0 Å². The van der Waals surface area contributed by atoms with Crippen molar-refractivity contribution in [3.63, 3.8) is 0 Å². The SMILES string of the molecule is CN1C2CC[C@@H]1C[C@H](C1CCC(Cl)CC1)C2C(=O)OC1CCC(Cl)CC1. The van der Waals surface area contributed by atoms with Crippen LogP contribution in [-0.2, 0) is 9.53 Å². The van der Waals surface area contributed by atoms with E-state index in [1.54, 1.807) is 0 Å². The van der Waals surface area contributed by atoms with Gasteiger partial charge in [-0.3, -0.25) is 9.69 Å². The zero-order chi connectivity index (χ0) is 18.3. The highest BCUT2D eigenvalue weighted by atomic mass is 35.5. The van der Waals surface area contributed by atoms with Crippen molar-refractivity contribution in [3.8, 4) is 0 Å². The number of hydrogen-bond acceptors (Lipinski definition) is 3. The van der Waals surface area contributed by atoms with Gasteiger partial charge in [0.25, 0.3) is 0 Å². The highest BCUT2D eigenvalue weighted by Gasteiger charge is 2.51. The van der Waals surface area contributed by atoms with E-state index in [0.29, 0.717) is 29.3 Å². The molecule has 4 atom stereocenters. The summed E-state index contributed by atoms with van der Waals surface area (Å²) in [4.78, 5) is 15.8. The van der Waals surface area contributed by atoms with Gasteiger partial charge in [-0.2, -0.15) is 0 Å². The van der Waals surface area contributed by atoms with Crippen LogP contribution in [0.25, 0.3) is 0 Å². The lowest BCUT2D eigenvalue weighted by Crippen LogP contribution is -2.52. The number of carbonyl (C=O) groups excluding carboxylic acids is 1. The van der Waals surface area contributed by atoms with Gasteiger partial charge in [0.15, 0.2) is 0 Å². The Balaban J connectivity index is 1.46. The average Bonchev–Trinajstić information content (AvgIpc) is 2.87. The molecule has 2 aliphatic carbocycles. The lowest BCUT2D eigenvalue weighted by Gasteiger charge is -2.46. The molecule has 2 unspecified atom stereocenters. The summed E-state index contributed by atoms with van der Waals surface area (Å²) >= 11 is 12.6. The van der Waals surface area contributed by atoms with Crippen molar-refractivity contribution in [1.29, 1.82) is 0 Å². The van der Waals surface area contributed by atoms with Crippen LogP contribution in [0.4, 0.5) is 0 Å². The molecule has 4 aliphatic rings. The van der Waals surface area contributed by atoms with E-state index in [1.807, 2.05) is 0 Å². The van der Waals surface area contributed by atoms with Crippen LogP contribution < -0.4 is 0 Å². The standard InChI is InChI=1S/C21H33Cl2NO2/c1-24-16-8-11-19(24)20(18(12-16)13-2-4-14(22)5-3-13)21(25)26-17-9-6-15(23)7-10-17/h13-20H,2-12H2,1H3/t13?,14?,15?,16-,17?,18-,19?,20?/m1/s1. The van der Waals surface area contributed by atoms with Gasteiger partial charge in [-0.15, -0.1) is 23.2 Å². The van der Waals surface area contributed by atoms with Crippen molar-refractivity contribution < 1.29 is 9.53 Å². The number of hydrogen-bond donors (Lipinski definition) is 0. The maximum Gasteiger partial charge on any atom is 0.311 e. The second kappa shape index (κ2) is 8.17. The van der Waals surface area contributed by atoms with Crippen molar-refractivity contribution in [1.82, 2.24) is 4.90 Å². The number of carbonyl (C=O) groups is 1. The molecule has 2 aliphatic heterocycles. The van der Waals surface area contributed by atoms with Gasteiger partial charge in [-0.05, 0) is 89.5 Å². The van der Waals surface area contributed by atoms with Crippen LogP contribution in [0.3, 0.4) is 0 Å². The Bertz CT molecular complexity index is 500. The molecule has 0 amide bonds. The quantitative estimate of drug-likeness (QED) is 0.493. The van der Waals surface area contributed by atoms with E-state index in [0.717, 1.165) is 44.9 Å². The van der Waals surface area contributed by atoms with E-state index in [9.17, 15) is 4.79 Å². The third-order valence-electron chi connectivity index (χ3n) is 7.78. The average molecular weight is 402 g/mol. The summed E-state index contributed by atoms with van der Waals surface area (Å²) < 4.78 is 6.07. The van der Waals surface area contributed by atoms with Crippen molar-refractivity contribution in [2.45, 2.75) is 99.6 Å². The molecule has 0 N–H and O–H groups in total. The first-order valence-electron chi connectivity index (χ1n) is 10.7. The monoisotopic (exact) mass is 401 g/mol. The summed E-state index contributed by atoms with van der Waals surface area (Å²) in [6.07, 6.45) is 12.0. The summed E-state index contributed by atoms with van der Waals surface area (Å²) in [6, 6.07) is 1.04. The van der Waals surface area contributed by atoms with Crippen LogP contribution in [-0.4, -0.2) is 46.9 Å². The number of ether oxygens (including phenoxy) is 1. The Labute approximate surface area is 168 Å². The van der Waals surface area contributed by atoms with Gasteiger partial charge >= 0.3 is 5.97 Å². The molecule has 26 heavy (non-hydrogen) atoms. The summed E-state index contributed by atoms with van der Waals surface area (Å²) in [6.45, 7) is 0. The fourth-order valence-electron chi connectivity index (χ4n) is 6.21. The first kappa shape index (κ1) is 19.3. The van der Waals surface area contributed by atoms with Crippen molar-refractivity contribution in [2.75, 3.05) is 7.05 Å². The smallest absolute Gasteiger partial charge is 0.311 e. The largest absolute Gasteiger partial charge is 0.462 e. The van der Waals surface area contributed by atoms with E-state index in [1.165, 1.54) is 25.7 Å². The second-order valence-corrected chi connectivity index (χ2v) is 10.4. The predicted octanol–water partition coefficient (Wildman–Crippen LogP) is 4.98. The Morgan fingerprint density at radius 3 is 2.15 bits per heavy atom. The molecule has 3 nitrogen and oxygen atoms in total. The maximum absolute atomic E-state index is 13.3. The summed E-state index contributed by atoms with van der Waals surface area (Å²) in [5.41, 5.74) is 0. The highest BCUT2D eigenvalue weighted by molar-refractivity contribution is 6.20. The van der Waals surface area contributed by atoms with Crippen LogP contribution >= 0.6 is 23.2 Å². The molecule has 0 spiro atoms. The van der Waals surface area contributed by atoms with Crippen molar-refractivity contribution in [2.24, 2.45) is 17.8 Å². The van der Waals surface area contributed by atoms with Crippen LogP contribution in [0.2, 0.25) is 0 Å². The van der Waals surface area contributed by atoms with Crippen LogP contribution in [0.15, 0.2) is 0 Å². The van der Waals surface area contributed by atoms with E-state index >= 15 is 0 Å². The zero-order valence-corrected chi connectivity index (χ0v) is 17.4. The fourth-order valence-corrected chi connectivity index (χ4v) is 6.72. The van der Waals surface area contributed by atoms with Gasteiger partial charge in [0.05, 0.1) is 5.92 Å².